The zero-order chi connectivity index (χ0) is 17.2. The molecule has 2 aliphatic heterocycles. The van der Waals surface area contributed by atoms with E-state index in [-0.39, 0.29) is 0 Å². The number of H-pyrrole nitrogens is 1. The lowest BCUT2D eigenvalue weighted by Crippen LogP contribution is -2.32. The molecule has 0 atom stereocenters. The first-order chi connectivity index (χ1) is 12.3. The van der Waals surface area contributed by atoms with Crippen LogP contribution in [-0.4, -0.2) is 52.7 Å². The van der Waals surface area contributed by atoms with Crippen molar-refractivity contribution in [3.8, 4) is 0 Å². The van der Waals surface area contributed by atoms with Crippen LogP contribution in [0, 0.1) is 11.8 Å². The van der Waals surface area contributed by atoms with Crippen LogP contribution >= 0.6 is 11.8 Å². The van der Waals surface area contributed by atoms with Gasteiger partial charge in [0.25, 0.3) is 0 Å². The summed E-state index contributed by atoms with van der Waals surface area (Å²) < 4.78 is 0. The molecule has 1 aromatic heterocycles. The predicted molar refractivity (Wildman–Crippen MR) is 106 cm³/mol. The van der Waals surface area contributed by atoms with Gasteiger partial charge in [-0.3, -0.25) is 14.9 Å². The molecule has 6 nitrogen and oxygen atoms in total. The van der Waals surface area contributed by atoms with Crippen molar-refractivity contribution in [3.05, 3.63) is 23.5 Å². The molecule has 0 aromatic carbocycles. The van der Waals surface area contributed by atoms with E-state index in [4.69, 9.17) is 5.84 Å². The number of hydrogen-bond acceptors (Lipinski definition) is 6. The van der Waals surface area contributed by atoms with Gasteiger partial charge in [0, 0.05) is 42.4 Å². The predicted octanol–water partition coefficient (Wildman–Crippen LogP) is 3.05. The topological polar surface area (TPSA) is 73.0 Å². The number of nitrogens with zero attached hydrogens (tertiary/aromatic N) is 4. The molecule has 3 N–H and O–H groups in total. The van der Waals surface area contributed by atoms with Gasteiger partial charge in [-0.05, 0) is 44.4 Å². The van der Waals surface area contributed by atoms with Crippen LogP contribution in [0.3, 0.4) is 0 Å². The molecule has 4 rings (SSSR count). The molecule has 1 aliphatic carbocycles. The van der Waals surface area contributed by atoms with Gasteiger partial charge in [-0.1, -0.05) is 0 Å². The summed E-state index contributed by atoms with van der Waals surface area (Å²) in [6.07, 6.45) is 8.39. The Hall–Kier alpha value is -1.57. The number of aromatic nitrogens is 1. The van der Waals surface area contributed by atoms with Gasteiger partial charge in [0.2, 0.25) is 0 Å². The Labute approximate surface area is 153 Å². The summed E-state index contributed by atoms with van der Waals surface area (Å²) in [5.74, 6) is 10.8. The fourth-order valence-electron chi connectivity index (χ4n) is 4.22. The lowest BCUT2D eigenvalue weighted by Gasteiger charge is -2.33. The fraction of sp³-hybridized carbons (Fsp3) is 0.556. The van der Waals surface area contributed by atoms with Crippen LogP contribution in [0.1, 0.15) is 31.2 Å². The molecule has 0 unspecified atom stereocenters. The van der Waals surface area contributed by atoms with Crippen LogP contribution in [0.25, 0.3) is 5.70 Å². The molecule has 0 bridgehead atoms. The maximum absolute atomic E-state index is 6.19. The minimum absolute atomic E-state index is 0.428. The maximum Gasteiger partial charge on any atom is 0.141 e. The van der Waals surface area contributed by atoms with Crippen LogP contribution in [-0.2, 0) is 0 Å². The highest BCUT2D eigenvalue weighted by Gasteiger charge is 2.30. The van der Waals surface area contributed by atoms with Crippen LogP contribution < -0.4 is 5.84 Å². The van der Waals surface area contributed by atoms with Gasteiger partial charge < -0.3 is 4.98 Å². The van der Waals surface area contributed by atoms with E-state index in [9.17, 15) is 0 Å². The van der Waals surface area contributed by atoms with Gasteiger partial charge in [0.05, 0.1) is 11.4 Å². The van der Waals surface area contributed by atoms with Crippen molar-refractivity contribution >= 4 is 36.3 Å². The van der Waals surface area contributed by atoms with Crippen molar-refractivity contribution in [1.82, 2.24) is 14.9 Å². The molecule has 0 radical (unpaired) electrons. The molecular formula is C18H26N6S. The Morgan fingerprint density at radius 3 is 2.96 bits per heavy atom. The number of thioether (sulfide) groups is 1. The maximum atomic E-state index is 6.19. The number of hydrazine groups is 1. The first kappa shape index (κ1) is 16.9. The zero-order valence-electron chi connectivity index (χ0n) is 14.5. The third kappa shape index (κ3) is 3.41. The molecule has 3 heterocycles. The Morgan fingerprint density at radius 1 is 1.40 bits per heavy atom. The van der Waals surface area contributed by atoms with Crippen LogP contribution in [0.5, 0.6) is 0 Å². The number of hydrogen-bond donors (Lipinski definition) is 2. The first-order valence-electron chi connectivity index (χ1n) is 9.03. The van der Waals surface area contributed by atoms with Gasteiger partial charge in [0.15, 0.2) is 0 Å². The number of aromatic amines is 1. The lowest BCUT2D eigenvalue weighted by molar-refractivity contribution is 0.220. The van der Waals surface area contributed by atoms with E-state index in [2.05, 4.69) is 38.3 Å². The van der Waals surface area contributed by atoms with Gasteiger partial charge in [-0.25, -0.2) is 10.8 Å². The standard InChI is InChI=1S/C18H26N6S/c1-20-16(17-15-6-7-21-18(15)22-11-24(17)19)14-4-2-13(3-5-14)10-23-8-9-25-12-23/h6-7,11,13-14,21H,1-5,8-10,12,19H2/b17-16-. The molecule has 2 fully saturated rings. The molecule has 0 spiro atoms. The molecule has 7 heteroatoms. The molecule has 0 amide bonds. The fourth-order valence-corrected chi connectivity index (χ4v) is 5.23. The molecule has 134 valence electrons. The van der Waals surface area contributed by atoms with Gasteiger partial charge in [0.1, 0.15) is 12.2 Å². The second-order valence-corrected chi connectivity index (χ2v) is 8.19. The van der Waals surface area contributed by atoms with E-state index < -0.39 is 0 Å². The zero-order valence-corrected chi connectivity index (χ0v) is 15.3. The molecule has 25 heavy (non-hydrogen) atoms. The van der Waals surface area contributed by atoms with Crippen molar-refractivity contribution in [3.63, 3.8) is 0 Å². The van der Waals surface area contributed by atoms with Gasteiger partial charge in [-0.15, -0.1) is 11.8 Å². The highest BCUT2D eigenvalue weighted by molar-refractivity contribution is 7.99. The Balaban J connectivity index is 1.49. The second-order valence-electron chi connectivity index (χ2n) is 7.12. The summed E-state index contributed by atoms with van der Waals surface area (Å²) in [6, 6.07) is 2.02. The number of fused-ring (bicyclic) bond motifs is 1. The van der Waals surface area contributed by atoms with Crippen LogP contribution in [0.2, 0.25) is 0 Å². The number of nitrogens with two attached hydrogens (primary N) is 1. The SMILES string of the molecule is C=N/C(=C1/c2cc[nH]c2N=CN1N)C1CCC(CN2CCSC2)CC1. The Kier molecular flexibility index (Phi) is 4.96. The van der Waals surface area contributed by atoms with E-state index in [0.717, 1.165) is 41.5 Å². The smallest absolute Gasteiger partial charge is 0.141 e. The van der Waals surface area contributed by atoms with Crippen molar-refractivity contribution in [2.45, 2.75) is 25.7 Å². The minimum Gasteiger partial charge on any atom is -0.346 e. The first-order valence-corrected chi connectivity index (χ1v) is 10.2. The number of allylic oxidation sites excluding steroid dienone is 1. The van der Waals surface area contributed by atoms with Gasteiger partial charge in [-0.2, -0.15) is 0 Å². The molecule has 1 saturated heterocycles. The van der Waals surface area contributed by atoms with E-state index in [1.807, 2.05) is 12.3 Å². The van der Waals surface area contributed by atoms with Crippen molar-refractivity contribution in [2.75, 3.05) is 24.7 Å². The molecular weight excluding hydrogens is 332 g/mol. The summed E-state index contributed by atoms with van der Waals surface area (Å²) in [4.78, 5) is 14.5. The monoisotopic (exact) mass is 358 g/mol. The van der Waals surface area contributed by atoms with Crippen LogP contribution in [0.4, 0.5) is 5.82 Å². The van der Waals surface area contributed by atoms with Crippen LogP contribution in [0.15, 0.2) is 27.9 Å². The second kappa shape index (κ2) is 7.35. The van der Waals surface area contributed by atoms with Crippen molar-refractivity contribution in [2.24, 2.45) is 27.7 Å². The average molecular weight is 359 g/mol. The van der Waals surface area contributed by atoms with E-state index in [1.165, 1.54) is 37.6 Å². The number of rotatable bonds is 4. The lowest BCUT2D eigenvalue weighted by atomic mass is 9.79. The quantitative estimate of drug-likeness (QED) is 0.641. The summed E-state index contributed by atoms with van der Waals surface area (Å²) in [5, 5.41) is 1.59. The molecule has 3 aliphatic rings. The normalized spacial score (nSPS) is 28.9. The minimum atomic E-state index is 0.428. The highest BCUT2D eigenvalue weighted by Crippen LogP contribution is 2.40. The number of nitrogens with one attached hydrogen (secondary N) is 1. The summed E-state index contributed by atoms with van der Waals surface area (Å²) >= 11 is 2.05. The molecule has 1 aromatic rings. The molecule has 1 saturated carbocycles. The largest absolute Gasteiger partial charge is 0.346 e. The third-order valence-electron chi connectivity index (χ3n) is 5.54. The third-order valence-corrected chi connectivity index (χ3v) is 6.56. The summed E-state index contributed by atoms with van der Waals surface area (Å²) in [7, 11) is 0. The van der Waals surface area contributed by atoms with Gasteiger partial charge >= 0.3 is 0 Å². The summed E-state index contributed by atoms with van der Waals surface area (Å²) in [5.41, 5.74) is 2.98. The number of aliphatic imine (C=N–C) groups is 2. The Bertz CT molecular complexity index is 679. The van der Waals surface area contributed by atoms with E-state index in [1.54, 1.807) is 11.3 Å². The highest BCUT2D eigenvalue weighted by atomic mass is 32.2. The summed E-state index contributed by atoms with van der Waals surface area (Å²) in [6.45, 7) is 6.36. The van der Waals surface area contributed by atoms with Crippen molar-refractivity contribution in [1.29, 1.82) is 0 Å². The van der Waals surface area contributed by atoms with E-state index in [0.29, 0.717) is 5.92 Å². The van der Waals surface area contributed by atoms with E-state index >= 15 is 0 Å². The Morgan fingerprint density at radius 2 is 2.24 bits per heavy atom. The average Bonchev–Trinajstić information content (AvgIpc) is 3.30. The van der Waals surface area contributed by atoms with Crippen molar-refractivity contribution < 1.29 is 0 Å².